The number of methoxy groups -OCH3 is 1. The molecule has 0 saturated carbocycles. The van der Waals surface area contributed by atoms with Gasteiger partial charge in [0.15, 0.2) is 11.5 Å². The zero-order valence-electron chi connectivity index (χ0n) is 19.4. The minimum atomic E-state index is -1.02. The van der Waals surface area contributed by atoms with Gasteiger partial charge in [-0.15, -0.1) is 0 Å². The maximum atomic E-state index is 13.0. The van der Waals surface area contributed by atoms with Crippen LogP contribution >= 0.6 is 34.4 Å². The fraction of sp³-hybridized carbons (Fsp3) is 0.111. The molecule has 4 rings (SSSR count). The lowest BCUT2D eigenvalue weighted by Gasteiger charge is -2.14. The minimum Gasteiger partial charge on any atom is -0.493 e. The molecule has 0 aliphatic carbocycles. The number of amides is 2. The molecule has 0 spiro atoms. The van der Waals surface area contributed by atoms with Crippen molar-refractivity contribution in [3.8, 4) is 17.6 Å². The molecule has 3 aromatic rings. The van der Waals surface area contributed by atoms with Crippen LogP contribution in [0.1, 0.15) is 32.6 Å². The van der Waals surface area contributed by atoms with E-state index in [1.54, 1.807) is 60.7 Å². The van der Waals surface area contributed by atoms with Crippen LogP contribution in [-0.2, 0) is 17.9 Å². The summed E-state index contributed by atoms with van der Waals surface area (Å²) in [4.78, 5) is 38.2. The summed E-state index contributed by atoms with van der Waals surface area (Å²) in [6.07, 6.45) is 1.62. The van der Waals surface area contributed by atoms with E-state index in [4.69, 9.17) is 9.47 Å². The van der Waals surface area contributed by atoms with E-state index in [-0.39, 0.29) is 23.6 Å². The first-order valence-corrected chi connectivity index (χ1v) is 12.8. The Kier molecular flexibility index (Phi) is 8.15. The highest BCUT2D eigenvalue weighted by Crippen LogP contribution is 2.38. The van der Waals surface area contributed by atoms with E-state index in [9.17, 15) is 24.8 Å². The number of aromatic carboxylic acids is 1. The van der Waals surface area contributed by atoms with Crippen molar-refractivity contribution in [3.05, 3.63) is 97.0 Å². The third-order valence-electron chi connectivity index (χ3n) is 5.45. The first-order valence-electron chi connectivity index (χ1n) is 10.9. The van der Waals surface area contributed by atoms with Gasteiger partial charge in [-0.1, -0.05) is 30.3 Å². The third-order valence-corrected chi connectivity index (χ3v) is 7.16. The van der Waals surface area contributed by atoms with Gasteiger partial charge in [-0.05, 0) is 87.5 Å². The van der Waals surface area contributed by atoms with Crippen molar-refractivity contribution in [1.82, 2.24) is 4.90 Å². The molecule has 1 heterocycles. The quantitative estimate of drug-likeness (QED) is 0.251. The van der Waals surface area contributed by atoms with Gasteiger partial charge in [-0.2, -0.15) is 5.26 Å². The predicted octanol–water partition coefficient (Wildman–Crippen LogP) is 5.69. The number of carboxylic acid groups (broad SMARTS) is 1. The highest BCUT2D eigenvalue weighted by molar-refractivity contribution is 14.1. The number of carbonyl (C=O) groups excluding carboxylic acids is 2. The predicted molar refractivity (Wildman–Crippen MR) is 146 cm³/mol. The summed E-state index contributed by atoms with van der Waals surface area (Å²) in [6, 6.07) is 18.9. The number of ether oxygens (including phenoxy) is 2. The lowest BCUT2D eigenvalue weighted by molar-refractivity contribution is -0.123. The lowest BCUT2D eigenvalue weighted by Crippen LogP contribution is -2.27. The number of nitriles is 1. The molecule has 1 aliphatic rings. The molecule has 1 N–H and O–H groups in total. The van der Waals surface area contributed by atoms with E-state index < -0.39 is 17.1 Å². The van der Waals surface area contributed by atoms with Crippen molar-refractivity contribution in [2.24, 2.45) is 0 Å². The molecule has 3 aromatic carbocycles. The average Bonchev–Trinajstić information content (AvgIpc) is 3.15. The monoisotopic (exact) mass is 626 g/mol. The van der Waals surface area contributed by atoms with Crippen LogP contribution in [0.15, 0.2) is 65.6 Å². The van der Waals surface area contributed by atoms with Crippen LogP contribution in [0.4, 0.5) is 4.79 Å². The molecule has 37 heavy (non-hydrogen) atoms. The Morgan fingerprint density at radius 2 is 1.95 bits per heavy atom. The van der Waals surface area contributed by atoms with Crippen LogP contribution in [0.5, 0.6) is 11.5 Å². The van der Waals surface area contributed by atoms with Gasteiger partial charge < -0.3 is 14.6 Å². The second kappa shape index (κ2) is 11.5. The summed E-state index contributed by atoms with van der Waals surface area (Å²) in [5.41, 5.74) is 2.51. The molecule has 1 fully saturated rings. The molecule has 0 unspecified atom stereocenters. The van der Waals surface area contributed by atoms with E-state index in [0.717, 1.165) is 16.7 Å². The van der Waals surface area contributed by atoms with E-state index in [1.807, 2.05) is 0 Å². The normalized spacial score (nSPS) is 14.1. The van der Waals surface area contributed by atoms with Crippen molar-refractivity contribution in [2.45, 2.75) is 13.2 Å². The summed E-state index contributed by atoms with van der Waals surface area (Å²) in [5, 5.41) is 18.1. The Hall–Kier alpha value is -3.82. The van der Waals surface area contributed by atoms with Crippen LogP contribution in [0.3, 0.4) is 0 Å². The summed E-state index contributed by atoms with van der Waals surface area (Å²) in [6.45, 7) is 0.151. The number of imide groups is 1. The standard InChI is InChI=1S/C27H19IN2O6S/c1-35-22-11-17(10-21(28)24(22)36-15-16-5-4-8-18(9-16)26(32)33)12-23-25(31)30(27(34)37-23)14-20-7-3-2-6-19(20)13-29/h2-12H,14-15H2,1H3,(H,32,33)/b23-12+. The molecule has 1 saturated heterocycles. The maximum Gasteiger partial charge on any atom is 0.335 e. The fourth-order valence-electron chi connectivity index (χ4n) is 3.64. The summed E-state index contributed by atoms with van der Waals surface area (Å²) < 4.78 is 12.2. The zero-order valence-corrected chi connectivity index (χ0v) is 22.4. The van der Waals surface area contributed by atoms with Crippen LogP contribution in [0.2, 0.25) is 0 Å². The largest absolute Gasteiger partial charge is 0.493 e. The van der Waals surface area contributed by atoms with Crippen molar-refractivity contribution < 1.29 is 29.0 Å². The molecule has 8 nitrogen and oxygen atoms in total. The minimum absolute atomic E-state index is 0.0163. The Bertz CT molecular complexity index is 1480. The second-order valence-corrected chi connectivity index (χ2v) is 10.0. The number of carbonyl (C=O) groups is 3. The van der Waals surface area contributed by atoms with E-state index in [1.165, 1.54) is 13.2 Å². The van der Waals surface area contributed by atoms with Gasteiger partial charge in [-0.3, -0.25) is 14.5 Å². The highest BCUT2D eigenvalue weighted by Gasteiger charge is 2.35. The topological polar surface area (TPSA) is 117 Å². The number of thioether (sulfide) groups is 1. The molecule has 0 bridgehead atoms. The Balaban J connectivity index is 1.54. The Labute approximate surface area is 230 Å². The summed E-state index contributed by atoms with van der Waals surface area (Å²) in [5.74, 6) is -0.552. The van der Waals surface area contributed by atoms with E-state index in [2.05, 4.69) is 28.7 Å². The van der Waals surface area contributed by atoms with Crippen molar-refractivity contribution in [3.63, 3.8) is 0 Å². The molecule has 0 aromatic heterocycles. The highest BCUT2D eigenvalue weighted by atomic mass is 127. The molecular weight excluding hydrogens is 607 g/mol. The van der Waals surface area contributed by atoms with Gasteiger partial charge in [0, 0.05) is 0 Å². The first-order chi connectivity index (χ1) is 17.8. The number of hydrogen-bond acceptors (Lipinski definition) is 7. The number of hydrogen-bond donors (Lipinski definition) is 1. The number of nitrogens with zero attached hydrogens (tertiary/aromatic N) is 2. The molecule has 186 valence electrons. The van der Waals surface area contributed by atoms with Crippen molar-refractivity contribution in [2.75, 3.05) is 7.11 Å². The smallest absolute Gasteiger partial charge is 0.335 e. The van der Waals surface area contributed by atoms with Gasteiger partial charge in [-0.25, -0.2) is 4.79 Å². The first kappa shape index (κ1) is 26.2. The average molecular weight is 626 g/mol. The van der Waals surface area contributed by atoms with Crippen LogP contribution in [-0.4, -0.2) is 34.2 Å². The second-order valence-electron chi connectivity index (χ2n) is 7.87. The Morgan fingerprint density at radius 3 is 2.68 bits per heavy atom. The maximum absolute atomic E-state index is 13.0. The van der Waals surface area contributed by atoms with Gasteiger partial charge in [0.1, 0.15) is 6.61 Å². The molecule has 1 aliphatic heterocycles. The zero-order chi connectivity index (χ0) is 26.5. The summed E-state index contributed by atoms with van der Waals surface area (Å²) in [7, 11) is 1.49. The van der Waals surface area contributed by atoms with Gasteiger partial charge in [0.2, 0.25) is 0 Å². The number of halogens is 1. The molecular formula is C27H19IN2O6S. The van der Waals surface area contributed by atoms with Crippen molar-refractivity contribution in [1.29, 1.82) is 5.26 Å². The summed E-state index contributed by atoms with van der Waals surface area (Å²) >= 11 is 2.93. The SMILES string of the molecule is COc1cc(/C=C2/SC(=O)N(Cc3ccccc3C#N)C2=O)cc(I)c1OCc1cccc(C(=O)O)c1. The lowest BCUT2D eigenvalue weighted by atomic mass is 10.1. The van der Waals surface area contributed by atoms with E-state index >= 15 is 0 Å². The number of carboxylic acids is 1. The molecule has 0 atom stereocenters. The number of benzene rings is 3. The van der Waals surface area contributed by atoms with E-state index in [0.29, 0.717) is 37.3 Å². The van der Waals surface area contributed by atoms with Gasteiger partial charge >= 0.3 is 5.97 Å². The third kappa shape index (κ3) is 5.95. The van der Waals surface area contributed by atoms with Crippen LogP contribution < -0.4 is 9.47 Å². The number of rotatable bonds is 8. The van der Waals surface area contributed by atoms with Crippen LogP contribution in [0.25, 0.3) is 6.08 Å². The molecule has 2 amide bonds. The fourth-order valence-corrected chi connectivity index (χ4v) is 5.26. The van der Waals surface area contributed by atoms with Crippen molar-refractivity contribution >= 4 is 57.5 Å². The van der Waals surface area contributed by atoms with Gasteiger partial charge in [0.25, 0.3) is 11.1 Å². The molecule has 0 radical (unpaired) electrons. The van der Waals surface area contributed by atoms with Gasteiger partial charge in [0.05, 0.1) is 39.3 Å². The Morgan fingerprint density at radius 1 is 1.16 bits per heavy atom. The molecule has 10 heteroatoms. The van der Waals surface area contributed by atoms with Crippen LogP contribution in [0, 0.1) is 14.9 Å².